The molecule has 0 saturated heterocycles. The van der Waals surface area contributed by atoms with Crippen molar-refractivity contribution in [3.05, 3.63) is 34.7 Å². The molecule has 6 heteroatoms. The monoisotopic (exact) mass is 302 g/mol. The zero-order valence-corrected chi connectivity index (χ0v) is 10.7. The van der Waals surface area contributed by atoms with E-state index in [9.17, 15) is 4.79 Å². The second-order valence-corrected chi connectivity index (χ2v) is 4.11. The van der Waals surface area contributed by atoms with Crippen molar-refractivity contribution in [2.45, 2.75) is 5.33 Å². The average Bonchev–Trinajstić information content (AvgIpc) is 2.69. The number of methoxy groups -OCH3 is 1. The smallest absolute Gasteiger partial charge is 0.341 e. The van der Waals surface area contributed by atoms with Gasteiger partial charge in [0.05, 0.1) is 13.3 Å². The molecular formula is C10H8BrClN2O2. The fourth-order valence-corrected chi connectivity index (χ4v) is 1.93. The van der Waals surface area contributed by atoms with Crippen LogP contribution in [0.3, 0.4) is 0 Å². The van der Waals surface area contributed by atoms with Crippen LogP contribution in [0.15, 0.2) is 18.5 Å². The molecule has 0 atom stereocenters. The largest absolute Gasteiger partial charge is 0.465 e. The number of alkyl halides is 1. The van der Waals surface area contributed by atoms with Gasteiger partial charge in [-0.05, 0) is 11.6 Å². The van der Waals surface area contributed by atoms with E-state index in [0.29, 0.717) is 21.7 Å². The molecule has 0 amide bonds. The lowest BCUT2D eigenvalue weighted by Gasteiger charge is -2.05. The van der Waals surface area contributed by atoms with E-state index in [2.05, 4.69) is 20.9 Å². The number of rotatable bonds is 2. The van der Waals surface area contributed by atoms with Crippen LogP contribution < -0.4 is 0 Å². The quantitative estimate of drug-likeness (QED) is 0.633. The molecule has 0 radical (unpaired) electrons. The number of carbonyl (C=O) groups is 1. The predicted molar refractivity (Wildman–Crippen MR) is 64.2 cm³/mol. The molecule has 2 aromatic rings. The minimum atomic E-state index is -0.421. The van der Waals surface area contributed by atoms with E-state index >= 15 is 0 Å². The molecule has 2 aromatic heterocycles. The second-order valence-electron chi connectivity index (χ2n) is 3.16. The van der Waals surface area contributed by atoms with Gasteiger partial charge in [-0.3, -0.25) is 4.40 Å². The third-order valence-electron chi connectivity index (χ3n) is 2.18. The lowest BCUT2D eigenvalue weighted by Crippen LogP contribution is -2.05. The van der Waals surface area contributed by atoms with Crippen molar-refractivity contribution in [2.75, 3.05) is 7.11 Å². The molecule has 0 aliphatic rings. The molecule has 2 heterocycles. The number of aromatic nitrogens is 2. The number of pyridine rings is 1. The van der Waals surface area contributed by atoms with E-state index in [1.54, 1.807) is 10.5 Å². The molecule has 0 bridgehead atoms. The van der Waals surface area contributed by atoms with Crippen LogP contribution in [0.4, 0.5) is 0 Å². The van der Waals surface area contributed by atoms with Crippen molar-refractivity contribution in [1.29, 1.82) is 0 Å². The molecule has 2 rings (SSSR count). The number of hydrogen-bond acceptors (Lipinski definition) is 3. The maximum absolute atomic E-state index is 11.6. The van der Waals surface area contributed by atoms with Crippen LogP contribution in [-0.2, 0) is 10.1 Å². The molecule has 0 N–H and O–H groups in total. The Balaban J connectivity index is 2.74. The minimum absolute atomic E-state index is 0.409. The molecule has 0 saturated carbocycles. The van der Waals surface area contributed by atoms with Crippen molar-refractivity contribution < 1.29 is 9.53 Å². The fourth-order valence-electron chi connectivity index (χ4n) is 1.45. The van der Waals surface area contributed by atoms with Crippen LogP contribution in [0, 0.1) is 0 Å². The number of halogens is 2. The lowest BCUT2D eigenvalue weighted by atomic mass is 10.2. The van der Waals surface area contributed by atoms with E-state index in [-0.39, 0.29) is 0 Å². The summed E-state index contributed by atoms with van der Waals surface area (Å²) in [6, 6.07) is 1.74. The summed E-state index contributed by atoms with van der Waals surface area (Å²) in [4.78, 5) is 15.6. The van der Waals surface area contributed by atoms with Gasteiger partial charge in [-0.2, -0.15) is 0 Å². The number of carbonyl (C=O) groups excluding carboxylic acids is 1. The van der Waals surface area contributed by atoms with E-state index in [0.717, 1.165) is 5.56 Å². The first-order valence-corrected chi connectivity index (χ1v) is 5.97. The highest BCUT2D eigenvalue weighted by Crippen LogP contribution is 2.20. The standard InChI is InChI=1S/C10H8BrClN2O2/c1-16-10(15)7-2-6(3-11)5-14-8(12)4-13-9(7)14/h2,4-5H,3H2,1H3. The maximum Gasteiger partial charge on any atom is 0.341 e. The number of fused-ring (bicyclic) bond motifs is 1. The van der Waals surface area contributed by atoms with Gasteiger partial charge in [0, 0.05) is 11.5 Å². The summed E-state index contributed by atoms with van der Waals surface area (Å²) in [6.45, 7) is 0. The van der Waals surface area contributed by atoms with E-state index < -0.39 is 5.97 Å². The van der Waals surface area contributed by atoms with Crippen LogP contribution >= 0.6 is 27.5 Å². The number of ether oxygens (including phenoxy) is 1. The van der Waals surface area contributed by atoms with Crippen LogP contribution in [0.1, 0.15) is 15.9 Å². The molecule has 84 valence electrons. The minimum Gasteiger partial charge on any atom is -0.465 e. The van der Waals surface area contributed by atoms with Gasteiger partial charge in [0.25, 0.3) is 0 Å². The SMILES string of the molecule is COC(=O)c1cc(CBr)cn2c(Cl)cnc12. The van der Waals surface area contributed by atoms with Gasteiger partial charge in [-0.25, -0.2) is 9.78 Å². The lowest BCUT2D eigenvalue weighted by molar-refractivity contribution is 0.0602. The van der Waals surface area contributed by atoms with Crippen molar-refractivity contribution in [2.24, 2.45) is 0 Å². The number of nitrogens with zero attached hydrogens (tertiary/aromatic N) is 2. The molecule has 0 fully saturated rings. The van der Waals surface area contributed by atoms with Gasteiger partial charge >= 0.3 is 5.97 Å². The van der Waals surface area contributed by atoms with Crippen molar-refractivity contribution in [3.63, 3.8) is 0 Å². The van der Waals surface area contributed by atoms with E-state index in [1.165, 1.54) is 13.3 Å². The van der Waals surface area contributed by atoms with Gasteiger partial charge < -0.3 is 4.74 Å². The Kier molecular flexibility index (Phi) is 3.16. The van der Waals surface area contributed by atoms with E-state index in [1.807, 2.05) is 6.20 Å². The number of imidazole rings is 1. The van der Waals surface area contributed by atoms with Crippen LogP contribution in [0.2, 0.25) is 5.15 Å². The Morgan fingerprint density at radius 3 is 3.06 bits per heavy atom. The first-order chi connectivity index (χ1) is 7.67. The van der Waals surface area contributed by atoms with Crippen molar-refractivity contribution in [1.82, 2.24) is 9.38 Å². The average molecular weight is 304 g/mol. The van der Waals surface area contributed by atoms with E-state index in [4.69, 9.17) is 16.3 Å². The Bertz CT molecular complexity index is 553. The number of esters is 1. The molecule has 0 unspecified atom stereocenters. The van der Waals surface area contributed by atoms with Crippen LogP contribution in [0.25, 0.3) is 5.65 Å². The molecular weight excluding hydrogens is 295 g/mol. The third-order valence-corrected chi connectivity index (χ3v) is 3.10. The summed E-state index contributed by atoms with van der Waals surface area (Å²) >= 11 is 9.29. The first kappa shape index (κ1) is 11.4. The maximum atomic E-state index is 11.6. The zero-order chi connectivity index (χ0) is 11.7. The highest BCUT2D eigenvalue weighted by molar-refractivity contribution is 9.08. The van der Waals surface area contributed by atoms with Crippen LogP contribution in [-0.4, -0.2) is 22.5 Å². The summed E-state index contributed by atoms with van der Waals surface area (Å²) in [6.07, 6.45) is 3.33. The van der Waals surface area contributed by atoms with Gasteiger partial charge in [0.2, 0.25) is 0 Å². The summed E-state index contributed by atoms with van der Waals surface area (Å²) < 4.78 is 6.36. The molecule has 4 nitrogen and oxygen atoms in total. The van der Waals surface area contributed by atoms with Gasteiger partial charge in [-0.1, -0.05) is 27.5 Å². The highest BCUT2D eigenvalue weighted by atomic mass is 79.9. The zero-order valence-electron chi connectivity index (χ0n) is 8.41. The normalized spacial score (nSPS) is 10.7. The fraction of sp³-hybridized carbons (Fsp3) is 0.200. The molecule has 0 aliphatic carbocycles. The van der Waals surface area contributed by atoms with Crippen LogP contribution in [0.5, 0.6) is 0 Å². The molecule has 0 spiro atoms. The Labute approximate surface area is 105 Å². The summed E-state index contributed by atoms with van der Waals surface area (Å²) in [5.74, 6) is -0.421. The van der Waals surface area contributed by atoms with Gasteiger partial charge in [-0.15, -0.1) is 0 Å². The Hall–Kier alpha value is -1.07. The summed E-state index contributed by atoms with van der Waals surface area (Å²) in [7, 11) is 1.34. The van der Waals surface area contributed by atoms with Gasteiger partial charge in [0.1, 0.15) is 10.7 Å². The molecule has 16 heavy (non-hydrogen) atoms. The molecule has 0 aromatic carbocycles. The summed E-state index contributed by atoms with van der Waals surface area (Å²) in [5, 5.41) is 1.09. The van der Waals surface area contributed by atoms with Gasteiger partial charge in [0.15, 0.2) is 5.65 Å². The predicted octanol–water partition coefficient (Wildman–Crippen LogP) is 2.67. The Morgan fingerprint density at radius 1 is 1.69 bits per heavy atom. The number of hydrogen-bond donors (Lipinski definition) is 0. The summed E-state index contributed by atoms with van der Waals surface area (Å²) in [5.41, 5.74) is 1.83. The Morgan fingerprint density at radius 2 is 2.44 bits per heavy atom. The molecule has 0 aliphatic heterocycles. The van der Waals surface area contributed by atoms with Crippen molar-refractivity contribution >= 4 is 39.1 Å². The topological polar surface area (TPSA) is 43.6 Å². The first-order valence-electron chi connectivity index (χ1n) is 4.47. The van der Waals surface area contributed by atoms with Crippen molar-refractivity contribution in [3.8, 4) is 0 Å². The third kappa shape index (κ3) is 1.81. The highest BCUT2D eigenvalue weighted by Gasteiger charge is 2.15. The second kappa shape index (κ2) is 4.43.